The minimum Gasteiger partial charge on any atom is -0.458 e. The van der Waals surface area contributed by atoms with Crippen LogP contribution in [0.1, 0.15) is 78.7 Å². The van der Waals surface area contributed by atoms with Crippen molar-refractivity contribution in [2.45, 2.75) is 96.7 Å². The highest BCUT2D eigenvalue weighted by Crippen LogP contribution is 2.32. The summed E-state index contributed by atoms with van der Waals surface area (Å²) in [5.41, 5.74) is -0.760. The number of hydrogen-bond donors (Lipinski definition) is 1. The smallest absolute Gasteiger partial charge is 0.344 e. The monoisotopic (exact) mass is 528 g/mol. The van der Waals surface area contributed by atoms with Gasteiger partial charge in [-0.2, -0.15) is 5.01 Å². The Morgan fingerprint density at radius 2 is 1.71 bits per heavy atom. The molecule has 9 heteroatoms. The van der Waals surface area contributed by atoms with Crippen molar-refractivity contribution in [2.75, 3.05) is 20.1 Å². The molecule has 2 aliphatic heterocycles. The van der Waals surface area contributed by atoms with E-state index >= 15 is 0 Å². The molecule has 38 heavy (non-hydrogen) atoms. The molecule has 0 aliphatic carbocycles. The number of amides is 4. The second kappa shape index (κ2) is 12.3. The van der Waals surface area contributed by atoms with Crippen molar-refractivity contribution in [3.63, 3.8) is 0 Å². The number of ether oxygens (including phenoxy) is 1. The van der Waals surface area contributed by atoms with Crippen LogP contribution in [-0.2, 0) is 25.5 Å². The maximum atomic E-state index is 13.9. The number of benzene rings is 1. The number of nitrogens with one attached hydrogen (secondary N) is 1. The summed E-state index contributed by atoms with van der Waals surface area (Å²) in [5, 5.41) is 4.90. The summed E-state index contributed by atoms with van der Waals surface area (Å²) >= 11 is 0. The Bertz CT molecular complexity index is 996. The first-order valence-electron chi connectivity index (χ1n) is 13.8. The van der Waals surface area contributed by atoms with Crippen molar-refractivity contribution in [3.05, 3.63) is 35.9 Å². The van der Waals surface area contributed by atoms with Gasteiger partial charge in [-0.3, -0.25) is 9.59 Å². The van der Waals surface area contributed by atoms with Crippen LogP contribution in [0, 0.1) is 5.92 Å². The molecule has 0 unspecified atom stereocenters. The summed E-state index contributed by atoms with van der Waals surface area (Å²) < 4.78 is 5.73. The van der Waals surface area contributed by atoms with E-state index in [-0.39, 0.29) is 18.8 Å². The van der Waals surface area contributed by atoms with Crippen LogP contribution in [0.4, 0.5) is 4.79 Å². The number of aryl methyl sites for hydroxylation is 1. The molecule has 1 aromatic carbocycles. The molecule has 1 aromatic rings. The fourth-order valence-electron chi connectivity index (χ4n) is 4.95. The zero-order valence-corrected chi connectivity index (χ0v) is 23.8. The summed E-state index contributed by atoms with van der Waals surface area (Å²) in [7, 11) is 1.97. The van der Waals surface area contributed by atoms with Gasteiger partial charge in [-0.15, -0.1) is 0 Å². The molecule has 2 fully saturated rings. The lowest BCUT2D eigenvalue weighted by Gasteiger charge is -2.38. The number of carbonyl (C=O) groups is 4. The average Bonchev–Trinajstić information content (AvgIpc) is 3.07. The minimum absolute atomic E-state index is 0.114. The van der Waals surface area contributed by atoms with Crippen LogP contribution in [0.2, 0.25) is 0 Å². The number of hydrogen-bond acceptors (Lipinski definition) is 6. The molecular formula is C29H44N4O5. The van der Waals surface area contributed by atoms with Gasteiger partial charge in [-0.1, -0.05) is 44.2 Å². The first kappa shape index (κ1) is 29.6. The van der Waals surface area contributed by atoms with Crippen LogP contribution in [0.25, 0.3) is 0 Å². The van der Waals surface area contributed by atoms with Crippen molar-refractivity contribution in [2.24, 2.45) is 5.92 Å². The molecule has 1 spiro atoms. The Balaban J connectivity index is 1.95. The molecule has 1 atom stereocenters. The van der Waals surface area contributed by atoms with E-state index in [1.807, 2.05) is 51.2 Å². The van der Waals surface area contributed by atoms with E-state index in [1.54, 1.807) is 20.8 Å². The summed E-state index contributed by atoms with van der Waals surface area (Å²) in [4.78, 5) is 56.6. The Kier molecular flexibility index (Phi) is 9.57. The number of imide groups is 1. The third kappa shape index (κ3) is 7.34. The van der Waals surface area contributed by atoms with E-state index in [0.717, 1.165) is 15.6 Å². The van der Waals surface area contributed by atoms with Crippen LogP contribution < -0.4 is 5.32 Å². The fourth-order valence-corrected chi connectivity index (χ4v) is 4.95. The van der Waals surface area contributed by atoms with Gasteiger partial charge >= 0.3 is 12.0 Å². The van der Waals surface area contributed by atoms with Crippen LogP contribution in [0.5, 0.6) is 0 Å². The molecule has 3 rings (SSSR count). The predicted octanol–water partition coefficient (Wildman–Crippen LogP) is 3.92. The number of hydrazine groups is 1. The van der Waals surface area contributed by atoms with E-state index in [0.29, 0.717) is 45.2 Å². The second-order valence-electron chi connectivity index (χ2n) is 12.0. The lowest BCUT2D eigenvalue weighted by molar-refractivity contribution is -0.178. The molecule has 2 saturated heterocycles. The molecule has 210 valence electrons. The molecule has 0 saturated carbocycles. The SMILES string of the molecule is CC(C)CCC(=O)N([C@@H](CCCc1ccccc1)C(=O)OC(C)(C)C)N1C(=O)NC2(CCN(C)CC2)C1=O. The van der Waals surface area contributed by atoms with Crippen LogP contribution in [0.15, 0.2) is 30.3 Å². The quantitative estimate of drug-likeness (QED) is 0.365. The van der Waals surface area contributed by atoms with Gasteiger partial charge in [0, 0.05) is 19.5 Å². The molecule has 2 aliphatic rings. The number of piperidine rings is 1. The highest BCUT2D eigenvalue weighted by Gasteiger charge is 2.56. The first-order valence-corrected chi connectivity index (χ1v) is 13.8. The fraction of sp³-hybridized carbons (Fsp3) is 0.655. The first-order chi connectivity index (χ1) is 17.8. The molecule has 1 N–H and O–H groups in total. The summed E-state index contributed by atoms with van der Waals surface area (Å²) in [6.07, 6.45) is 3.09. The van der Waals surface area contributed by atoms with Crippen molar-refractivity contribution < 1.29 is 23.9 Å². The highest BCUT2D eigenvalue weighted by molar-refractivity contribution is 6.08. The Labute approximate surface area is 226 Å². The third-order valence-electron chi connectivity index (χ3n) is 7.15. The van der Waals surface area contributed by atoms with E-state index in [1.165, 1.54) is 0 Å². The van der Waals surface area contributed by atoms with E-state index in [9.17, 15) is 19.2 Å². The summed E-state index contributed by atoms with van der Waals surface area (Å²) in [6.45, 7) is 10.6. The van der Waals surface area contributed by atoms with Gasteiger partial charge in [-0.25, -0.2) is 14.6 Å². The molecule has 9 nitrogen and oxygen atoms in total. The van der Waals surface area contributed by atoms with Gasteiger partial charge in [0.1, 0.15) is 11.1 Å². The zero-order chi connectivity index (χ0) is 28.1. The zero-order valence-electron chi connectivity index (χ0n) is 23.8. The van der Waals surface area contributed by atoms with Crippen LogP contribution >= 0.6 is 0 Å². The van der Waals surface area contributed by atoms with Crippen molar-refractivity contribution in [3.8, 4) is 0 Å². The van der Waals surface area contributed by atoms with E-state index < -0.39 is 41.0 Å². The predicted molar refractivity (Wildman–Crippen MR) is 145 cm³/mol. The maximum Gasteiger partial charge on any atom is 0.344 e. The van der Waals surface area contributed by atoms with Gasteiger partial charge in [0.25, 0.3) is 5.91 Å². The Hall–Kier alpha value is -2.94. The number of esters is 1. The number of likely N-dealkylation sites (tertiary alicyclic amines) is 1. The topological polar surface area (TPSA) is 99.3 Å². The second-order valence-corrected chi connectivity index (χ2v) is 12.0. The Morgan fingerprint density at radius 1 is 1.08 bits per heavy atom. The standard InChI is InChI=1S/C29H44N4O5/c1-21(2)15-16-24(34)32(33-26(36)29(30-27(33)37)17-19-31(6)20-18-29)23(25(35)38-28(3,4)5)14-10-13-22-11-8-7-9-12-22/h7-9,11-12,21,23H,10,13-20H2,1-6H3,(H,30,37)/t23-/m0/s1. The van der Waals surface area contributed by atoms with E-state index in [4.69, 9.17) is 4.74 Å². The Morgan fingerprint density at radius 3 is 2.29 bits per heavy atom. The minimum atomic E-state index is -1.10. The van der Waals surface area contributed by atoms with Crippen LogP contribution in [0.3, 0.4) is 0 Å². The number of urea groups is 1. The van der Waals surface area contributed by atoms with Gasteiger partial charge < -0.3 is 15.0 Å². The number of rotatable bonds is 10. The summed E-state index contributed by atoms with van der Waals surface area (Å²) in [6, 6.07) is 8.11. The molecular weight excluding hydrogens is 484 g/mol. The van der Waals surface area contributed by atoms with Gasteiger partial charge in [0.05, 0.1) is 0 Å². The van der Waals surface area contributed by atoms with Crippen LogP contribution in [-0.4, -0.2) is 76.1 Å². The number of carbonyl (C=O) groups excluding carboxylic acids is 4. The highest BCUT2D eigenvalue weighted by atomic mass is 16.6. The normalized spacial score (nSPS) is 18.6. The molecule has 0 bridgehead atoms. The number of nitrogens with zero attached hydrogens (tertiary/aromatic N) is 3. The van der Waals surface area contributed by atoms with Crippen molar-refractivity contribution in [1.82, 2.24) is 20.2 Å². The molecule has 0 aromatic heterocycles. The average molecular weight is 529 g/mol. The maximum absolute atomic E-state index is 13.9. The van der Waals surface area contributed by atoms with Gasteiger partial charge in [-0.05, 0) is 77.8 Å². The molecule has 0 radical (unpaired) electrons. The lowest BCUT2D eigenvalue weighted by atomic mass is 9.88. The third-order valence-corrected chi connectivity index (χ3v) is 7.15. The van der Waals surface area contributed by atoms with Gasteiger partial charge in [0.15, 0.2) is 6.04 Å². The lowest BCUT2D eigenvalue weighted by Crippen LogP contribution is -2.60. The summed E-state index contributed by atoms with van der Waals surface area (Å²) in [5.74, 6) is -1.27. The van der Waals surface area contributed by atoms with Gasteiger partial charge in [0.2, 0.25) is 5.91 Å². The van der Waals surface area contributed by atoms with Crippen molar-refractivity contribution >= 4 is 23.8 Å². The largest absolute Gasteiger partial charge is 0.458 e. The van der Waals surface area contributed by atoms with Crippen molar-refractivity contribution in [1.29, 1.82) is 0 Å². The van der Waals surface area contributed by atoms with E-state index in [2.05, 4.69) is 10.2 Å². The molecule has 2 heterocycles. The molecule has 4 amide bonds.